The van der Waals surface area contributed by atoms with Crippen LogP contribution in [0.2, 0.25) is 0 Å². The lowest BCUT2D eigenvalue weighted by molar-refractivity contribution is -0.0571. The van der Waals surface area contributed by atoms with Crippen molar-refractivity contribution in [3.8, 4) is 0 Å². The molecule has 0 unspecified atom stereocenters. The number of piperidine rings is 1. The van der Waals surface area contributed by atoms with Crippen LogP contribution in [0.15, 0.2) is 5.38 Å². The van der Waals surface area contributed by atoms with Crippen molar-refractivity contribution in [1.29, 1.82) is 0 Å². The number of carbonyl (C=O) groups is 1. The van der Waals surface area contributed by atoms with E-state index >= 15 is 0 Å². The minimum Gasteiger partial charge on any atom is -0.375 e. The summed E-state index contributed by atoms with van der Waals surface area (Å²) in [6.07, 6.45) is 7.58. The summed E-state index contributed by atoms with van der Waals surface area (Å²) in [6, 6.07) is 0. The van der Waals surface area contributed by atoms with Gasteiger partial charge >= 0.3 is 0 Å². The zero-order valence-electron chi connectivity index (χ0n) is 13.9. The highest BCUT2D eigenvalue weighted by molar-refractivity contribution is 7.09. The van der Waals surface area contributed by atoms with E-state index in [1.807, 2.05) is 10.3 Å². The van der Waals surface area contributed by atoms with Gasteiger partial charge in [0.15, 0.2) is 0 Å². The molecule has 0 bridgehead atoms. The van der Waals surface area contributed by atoms with Crippen molar-refractivity contribution in [3.05, 3.63) is 16.1 Å². The fourth-order valence-corrected chi connectivity index (χ4v) is 4.15. The minimum absolute atomic E-state index is 0.0332. The van der Waals surface area contributed by atoms with Gasteiger partial charge in [0.1, 0.15) is 10.7 Å². The van der Waals surface area contributed by atoms with Crippen LogP contribution in [0.4, 0.5) is 0 Å². The monoisotopic (exact) mass is 337 g/mol. The first-order chi connectivity index (χ1) is 11.2. The SMILES string of the molecule is CC1CCC(OC2CCN(C(=O)c3csc(CN)n3)CC2)CC1. The van der Waals surface area contributed by atoms with Crippen LogP contribution in [0.5, 0.6) is 0 Å². The van der Waals surface area contributed by atoms with E-state index < -0.39 is 0 Å². The number of hydrogen-bond donors (Lipinski definition) is 1. The van der Waals surface area contributed by atoms with Gasteiger partial charge in [-0.05, 0) is 44.4 Å². The number of ether oxygens (including phenoxy) is 1. The summed E-state index contributed by atoms with van der Waals surface area (Å²) in [6.45, 7) is 4.26. The first-order valence-electron chi connectivity index (χ1n) is 8.75. The van der Waals surface area contributed by atoms with Crippen molar-refractivity contribution in [3.63, 3.8) is 0 Å². The molecule has 23 heavy (non-hydrogen) atoms. The van der Waals surface area contributed by atoms with E-state index in [4.69, 9.17) is 10.5 Å². The van der Waals surface area contributed by atoms with Gasteiger partial charge in [-0.25, -0.2) is 4.98 Å². The molecule has 2 N–H and O–H groups in total. The van der Waals surface area contributed by atoms with E-state index in [9.17, 15) is 4.79 Å². The quantitative estimate of drug-likeness (QED) is 0.917. The number of nitrogens with two attached hydrogens (primary N) is 1. The predicted octanol–water partition coefficient (Wildman–Crippen LogP) is 2.80. The van der Waals surface area contributed by atoms with Crippen LogP contribution >= 0.6 is 11.3 Å². The summed E-state index contributed by atoms with van der Waals surface area (Å²) in [7, 11) is 0. The van der Waals surface area contributed by atoms with Gasteiger partial charge in [0.05, 0.1) is 12.2 Å². The van der Waals surface area contributed by atoms with Crippen LogP contribution in [0, 0.1) is 5.92 Å². The molecule has 1 aliphatic carbocycles. The standard InChI is InChI=1S/C17H27N3O2S/c1-12-2-4-13(5-3-12)22-14-6-8-20(9-7-14)17(21)15-11-23-16(10-18)19-15/h11-14H,2-10,18H2,1H3. The van der Waals surface area contributed by atoms with Gasteiger partial charge in [-0.1, -0.05) is 6.92 Å². The molecule has 0 radical (unpaired) electrons. The van der Waals surface area contributed by atoms with E-state index in [0.29, 0.717) is 24.4 Å². The maximum Gasteiger partial charge on any atom is 0.273 e. The van der Waals surface area contributed by atoms with E-state index in [1.54, 1.807) is 0 Å². The number of thiazole rings is 1. The number of carbonyl (C=O) groups excluding carboxylic acids is 1. The van der Waals surface area contributed by atoms with Gasteiger partial charge in [-0.3, -0.25) is 4.79 Å². The van der Waals surface area contributed by atoms with E-state index in [0.717, 1.165) is 36.9 Å². The van der Waals surface area contributed by atoms with Crippen molar-refractivity contribution in [1.82, 2.24) is 9.88 Å². The average molecular weight is 337 g/mol. The van der Waals surface area contributed by atoms with Crippen molar-refractivity contribution in [2.45, 2.75) is 64.2 Å². The molecule has 1 saturated carbocycles. The molecular weight excluding hydrogens is 310 g/mol. The summed E-state index contributed by atoms with van der Waals surface area (Å²) in [5.74, 6) is 0.886. The number of nitrogens with zero attached hydrogens (tertiary/aromatic N) is 2. The zero-order chi connectivity index (χ0) is 16.2. The first kappa shape index (κ1) is 16.9. The van der Waals surface area contributed by atoms with Crippen LogP contribution in [-0.2, 0) is 11.3 Å². The third-order valence-corrected chi connectivity index (χ3v) is 5.89. The normalized spacial score (nSPS) is 26.4. The fourth-order valence-electron chi connectivity index (χ4n) is 3.50. The minimum atomic E-state index is 0.0332. The van der Waals surface area contributed by atoms with E-state index in [-0.39, 0.29) is 5.91 Å². The number of aromatic nitrogens is 1. The third kappa shape index (κ3) is 4.31. The van der Waals surface area contributed by atoms with Gasteiger partial charge in [0.25, 0.3) is 5.91 Å². The molecule has 1 aromatic heterocycles. The van der Waals surface area contributed by atoms with E-state index in [2.05, 4.69) is 11.9 Å². The van der Waals surface area contributed by atoms with Gasteiger partial charge in [-0.2, -0.15) is 0 Å². The Morgan fingerprint density at radius 2 is 1.91 bits per heavy atom. The largest absolute Gasteiger partial charge is 0.375 e. The molecule has 1 saturated heterocycles. The maximum absolute atomic E-state index is 12.5. The van der Waals surface area contributed by atoms with Crippen molar-refractivity contribution < 1.29 is 9.53 Å². The first-order valence-corrected chi connectivity index (χ1v) is 9.63. The van der Waals surface area contributed by atoms with Gasteiger partial charge < -0.3 is 15.4 Å². The van der Waals surface area contributed by atoms with Crippen LogP contribution in [0.3, 0.4) is 0 Å². The highest BCUT2D eigenvalue weighted by atomic mass is 32.1. The molecule has 2 heterocycles. The third-order valence-electron chi connectivity index (χ3n) is 5.02. The van der Waals surface area contributed by atoms with Gasteiger partial charge in [0.2, 0.25) is 0 Å². The Kier molecular flexibility index (Phi) is 5.67. The Morgan fingerprint density at radius 3 is 2.52 bits per heavy atom. The fraction of sp³-hybridized carbons (Fsp3) is 0.765. The zero-order valence-corrected chi connectivity index (χ0v) is 14.7. The highest BCUT2D eigenvalue weighted by Crippen LogP contribution is 2.28. The molecule has 2 aliphatic rings. The smallest absolute Gasteiger partial charge is 0.273 e. The molecule has 6 heteroatoms. The molecule has 5 nitrogen and oxygen atoms in total. The molecule has 0 spiro atoms. The number of rotatable bonds is 4. The summed E-state index contributed by atoms with van der Waals surface area (Å²) >= 11 is 1.46. The Morgan fingerprint density at radius 1 is 1.26 bits per heavy atom. The Bertz CT molecular complexity index is 518. The van der Waals surface area contributed by atoms with Crippen molar-refractivity contribution in [2.75, 3.05) is 13.1 Å². The molecule has 0 aromatic carbocycles. The van der Waals surface area contributed by atoms with Crippen molar-refractivity contribution in [2.24, 2.45) is 11.7 Å². The second-order valence-electron chi connectivity index (χ2n) is 6.84. The highest BCUT2D eigenvalue weighted by Gasteiger charge is 2.28. The second kappa shape index (κ2) is 7.73. The number of amides is 1. The predicted molar refractivity (Wildman–Crippen MR) is 91.4 cm³/mol. The van der Waals surface area contributed by atoms with Crippen LogP contribution in [0.25, 0.3) is 0 Å². The molecular formula is C17H27N3O2S. The van der Waals surface area contributed by atoms with Gasteiger partial charge in [0, 0.05) is 25.0 Å². The Balaban J connectivity index is 1.45. The molecule has 0 atom stereocenters. The van der Waals surface area contributed by atoms with E-state index in [1.165, 1.54) is 37.0 Å². The lowest BCUT2D eigenvalue weighted by atomic mass is 9.88. The lowest BCUT2D eigenvalue weighted by Gasteiger charge is -2.35. The molecule has 3 rings (SSSR count). The van der Waals surface area contributed by atoms with Gasteiger partial charge in [-0.15, -0.1) is 11.3 Å². The average Bonchev–Trinajstić information content (AvgIpc) is 3.06. The molecule has 1 amide bonds. The van der Waals surface area contributed by atoms with Crippen LogP contribution < -0.4 is 5.73 Å². The lowest BCUT2D eigenvalue weighted by Crippen LogP contribution is -2.42. The maximum atomic E-state index is 12.5. The van der Waals surface area contributed by atoms with Crippen molar-refractivity contribution >= 4 is 17.2 Å². The number of likely N-dealkylation sites (tertiary alicyclic amines) is 1. The van der Waals surface area contributed by atoms with Crippen LogP contribution in [0.1, 0.15) is 60.9 Å². The van der Waals surface area contributed by atoms with Crippen LogP contribution in [-0.4, -0.2) is 41.1 Å². The summed E-state index contributed by atoms with van der Waals surface area (Å²) < 4.78 is 6.27. The molecule has 1 aliphatic heterocycles. The second-order valence-corrected chi connectivity index (χ2v) is 7.78. The molecule has 128 valence electrons. The topological polar surface area (TPSA) is 68.5 Å². The summed E-state index contributed by atoms with van der Waals surface area (Å²) in [5.41, 5.74) is 6.10. The number of hydrogen-bond acceptors (Lipinski definition) is 5. The molecule has 1 aromatic rings. The molecule has 2 fully saturated rings. The Labute approximate surface area is 142 Å². The Hall–Kier alpha value is -0.980. The summed E-state index contributed by atoms with van der Waals surface area (Å²) in [5, 5.41) is 2.63. The summed E-state index contributed by atoms with van der Waals surface area (Å²) in [4.78, 5) is 18.6.